The number of rotatable bonds is 4. The molecule has 0 spiro atoms. The van der Waals surface area contributed by atoms with Crippen LogP contribution in [-0.2, 0) is 13.1 Å². The summed E-state index contributed by atoms with van der Waals surface area (Å²) >= 11 is 0. The van der Waals surface area contributed by atoms with Crippen molar-refractivity contribution in [2.75, 3.05) is 6.54 Å². The van der Waals surface area contributed by atoms with Crippen molar-refractivity contribution in [3.8, 4) is 11.6 Å². The average molecular weight is 332 g/mol. The number of nitrogens with two attached hydrogens (primary N) is 1. The Morgan fingerprint density at radius 1 is 0.960 bits per heavy atom. The molecule has 0 bridgehead atoms. The second kappa shape index (κ2) is 7.01. The van der Waals surface area contributed by atoms with Crippen LogP contribution in [0.3, 0.4) is 0 Å². The van der Waals surface area contributed by atoms with E-state index in [1.165, 1.54) is 11.1 Å². The van der Waals surface area contributed by atoms with E-state index in [-0.39, 0.29) is 6.04 Å². The lowest BCUT2D eigenvalue weighted by molar-refractivity contribution is 0.219. The van der Waals surface area contributed by atoms with E-state index < -0.39 is 0 Å². The first-order valence-corrected chi connectivity index (χ1v) is 8.39. The molecule has 126 valence electrons. The maximum atomic E-state index is 6.30. The van der Waals surface area contributed by atoms with Gasteiger partial charge in [0.1, 0.15) is 5.75 Å². The van der Waals surface area contributed by atoms with E-state index in [1.807, 2.05) is 48.5 Å². The maximum absolute atomic E-state index is 6.30. The zero-order valence-electron chi connectivity index (χ0n) is 13.9. The van der Waals surface area contributed by atoms with Gasteiger partial charge < -0.3 is 10.5 Å². The van der Waals surface area contributed by atoms with Gasteiger partial charge in [-0.2, -0.15) is 5.10 Å². The van der Waals surface area contributed by atoms with E-state index in [1.54, 1.807) is 0 Å². The Bertz CT molecular complexity index is 836. The fourth-order valence-corrected chi connectivity index (χ4v) is 3.17. The second-order valence-electron chi connectivity index (χ2n) is 6.25. The molecule has 0 saturated heterocycles. The first-order valence-electron chi connectivity index (χ1n) is 8.39. The van der Waals surface area contributed by atoms with Crippen LogP contribution in [0.1, 0.15) is 22.9 Å². The maximum Gasteiger partial charge on any atom is 0.238 e. The number of aromatic nitrogens is 2. The molecule has 2 aromatic carbocycles. The molecule has 0 radical (unpaired) electrons. The topological polar surface area (TPSA) is 64.3 Å². The van der Waals surface area contributed by atoms with Crippen molar-refractivity contribution in [2.24, 2.45) is 5.73 Å². The van der Waals surface area contributed by atoms with Crippen LogP contribution in [0.2, 0.25) is 0 Å². The van der Waals surface area contributed by atoms with E-state index in [9.17, 15) is 0 Å². The minimum Gasteiger partial charge on any atom is -0.438 e. The Morgan fingerprint density at radius 3 is 2.56 bits per heavy atom. The van der Waals surface area contributed by atoms with Crippen LogP contribution in [-0.4, -0.2) is 21.6 Å². The van der Waals surface area contributed by atoms with Crippen LogP contribution < -0.4 is 10.5 Å². The normalized spacial score (nSPS) is 17.1. The van der Waals surface area contributed by atoms with Gasteiger partial charge in [-0.3, -0.25) is 4.90 Å². The third-order valence-corrected chi connectivity index (χ3v) is 4.35. The minimum absolute atomic E-state index is 0.0404. The molecule has 2 heterocycles. The minimum atomic E-state index is 0.0404. The summed E-state index contributed by atoms with van der Waals surface area (Å²) in [6, 6.07) is 21.8. The van der Waals surface area contributed by atoms with Gasteiger partial charge in [-0.05, 0) is 29.3 Å². The van der Waals surface area contributed by atoms with Crippen LogP contribution in [0.4, 0.5) is 0 Å². The van der Waals surface area contributed by atoms with Gasteiger partial charge >= 0.3 is 0 Å². The van der Waals surface area contributed by atoms with Gasteiger partial charge in [0, 0.05) is 31.7 Å². The van der Waals surface area contributed by atoms with Crippen molar-refractivity contribution in [1.29, 1.82) is 0 Å². The Kier molecular flexibility index (Phi) is 4.41. The molecular weight excluding hydrogens is 312 g/mol. The highest BCUT2D eigenvalue weighted by Gasteiger charge is 2.22. The summed E-state index contributed by atoms with van der Waals surface area (Å²) in [5, 5.41) is 8.47. The molecule has 1 atom stereocenters. The largest absolute Gasteiger partial charge is 0.438 e. The lowest BCUT2D eigenvalue weighted by Gasteiger charge is -2.32. The second-order valence-corrected chi connectivity index (χ2v) is 6.25. The number of ether oxygens (including phenoxy) is 1. The van der Waals surface area contributed by atoms with E-state index >= 15 is 0 Å². The Balaban J connectivity index is 1.42. The molecule has 0 aliphatic carbocycles. The number of hydrogen-bond donors (Lipinski definition) is 1. The molecule has 1 aliphatic rings. The monoisotopic (exact) mass is 332 g/mol. The first kappa shape index (κ1) is 15.7. The van der Waals surface area contributed by atoms with Crippen LogP contribution >= 0.6 is 0 Å². The van der Waals surface area contributed by atoms with Crippen molar-refractivity contribution < 1.29 is 4.74 Å². The SMILES string of the molecule is NC1CN(Cc2ccc(Oc3ccccc3)nn2)Cc2ccccc21. The third-order valence-electron chi connectivity index (χ3n) is 4.35. The van der Waals surface area contributed by atoms with Crippen molar-refractivity contribution >= 4 is 0 Å². The molecule has 0 saturated carbocycles. The van der Waals surface area contributed by atoms with Crippen LogP contribution in [0.15, 0.2) is 66.7 Å². The van der Waals surface area contributed by atoms with Crippen molar-refractivity contribution in [2.45, 2.75) is 19.1 Å². The summed E-state index contributed by atoms with van der Waals surface area (Å²) in [5.74, 6) is 1.25. The summed E-state index contributed by atoms with van der Waals surface area (Å²) in [6.07, 6.45) is 0. The zero-order valence-corrected chi connectivity index (χ0v) is 13.9. The number of fused-ring (bicyclic) bond motifs is 1. The van der Waals surface area contributed by atoms with Gasteiger partial charge in [-0.15, -0.1) is 5.10 Å². The average Bonchev–Trinajstić information content (AvgIpc) is 2.64. The third kappa shape index (κ3) is 3.68. The molecule has 5 heteroatoms. The standard InChI is InChI=1S/C20H20N4O/c21-19-14-24(12-15-6-4-5-9-18(15)19)13-16-10-11-20(23-22-16)25-17-7-2-1-3-8-17/h1-11,19H,12-14,21H2. The molecule has 5 nitrogen and oxygen atoms in total. The van der Waals surface area contributed by atoms with Gasteiger partial charge in [-0.25, -0.2) is 0 Å². The Hall–Kier alpha value is -2.76. The predicted octanol–water partition coefficient (Wildman–Crippen LogP) is 3.28. The molecule has 2 N–H and O–H groups in total. The molecular formula is C20H20N4O. The van der Waals surface area contributed by atoms with E-state index in [0.717, 1.165) is 31.1 Å². The lowest BCUT2D eigenvalue weighted by Crippen LogP contribution is -2.36. The highest BCUT2D eigenvalue weighted by atomic mass is 16.5. The molecule has 1 aromatic heterocycles. The Labute approximate surface area is 147 Å². The van der Waals surface area contributed by atoms with Gasteiger partial charge in [0.25, 0.3) is 0 Å². The first-order chi connectivity index (χ1) is 12.3. The quantitative estimate of drug-likeness (QED) is 0.794. The van der Waals surface area contributed by atoms with Gasteiger partial charge in [-0.1, -0.05) is 42.5 Å². The van der Waals surface area contributed by atoms with Gasteiger partial charge in [0.05, 0.1) is 5.69 Å². The van der Waals surface area contributed by atoms with Gasteiger partial charge in [0.2, 0.25) is 5.88 Å². The Morgan fingerprint density at radius 2 is 1.76 bits per heavy atom. The number of benzene rings is 2. The van der Waals surface area contributed by atoms with E-state index in [4.69, 9.17) is 10.5 Å². The highest BCUT2D eigenvalue weighted by molar-refractivity contribution is 5.32. The summed E-state index contributed by atoms with van der Waals surface area (Å²) in [4.78, 5) is 2.30. The molecule has 4 rings (SSSR count). The lowest BCUT2D eigenvalue weighted by atomic mass is 9.96. The van der Waals surface area contributed by atoms with Crippen molar-refractivity contribution in [3.05, 3.63) is 83.6 Å². The molecule has 0 amide bonds. The molecule has 25 heavy (non-hydrogen) atoms. The summed E-state index contributed by atoms with van der Waals surface area (Å²) in [5.41, 5.74) is 9.75. The fourth-order valence-electron chi connectivity index (χ4n) is 3.17. The fraction of sp³-hybridized carbons (Fsp3) is 0.200. The van der Waals surface area contributed by atoms with Gasteiger partial charge in [0.15, 0.2) is 0 Å². The summed E-state index contributed by atoms with van der Waals surface area (Å²) < 4.78 is 5.68. The van der Waals surface area contributed by atoms with Crippen LogP contribution in [0, 0.1) is 0 Å². The van der Waals surface area contributed by atoms with E-state index in [0.29, 0.717) is 5.88 Å². The molecule has 3 aromatic rings. The number of para-hydroxylation sites is 1. The van der Waals surface area contributed by atoms with Crippen LogP contribution in [0.25, 0.3) is 0 Å². The smallest absolute Gasteiger partial charge is 0.238 e. The summed E-state index contributed by atoms with van der Waals surface area (Å²) in [6.45, 7) is 2.43. The highest BCUT2D eigenvalue weighted by Crippen LogP contribution is 2.25. The summed E-state index contributed by atoms with van der Waals surface area (Å²) in [7, 11) is 0. The van der Waals surface area contributed by atoms with Crippen LogP contribution in [0.5, 0.6) is 11.6 Å². The molecule has 1 unspecified atom stereocenters. The predicted molar refractivity (Wildman–Crippen MR) is 96.0 cm³/mol. The van der Waals surface area contributed by atoms with Crippen molar-refractivity contribution in [1.82, 2.24) is 15.1 Å². The molecule has 0 fully saturated rings. The zero-order chi connectivity index (χ0) is 17.1. The number of hydrogen-bond acceptors (Lipinski definition) is 5. The van der Waals surface area contributed by atoms with E-state index in [2.05, 4.69) is 33.3 Å². The van der Waals surface area contributed by atoms with Crippen molar-refractivity contribution in [3.63, 3.8) is 0 Å². The number of nitrogens with zero attached hydrogens (tertiary/aromatic N) is 3. The molecule has 1 aliphatic heterocycles.